The van der Waals surface area contributed by atoms with Crippen molar-refractivity contribution in [3.05, 3.63) is 35.4 Å². The smallest absolute Gasteiger partial charge is 0.194 e. The second-order valence-electron chi connectivity index (χ2n) is 8.25. The molecule has 0 saturated carbocycles. The predicted octanol–water partition coefficient (Wildman–Crippen LogP) is 2.98. The van der Waals surface area contributed by atoms with Crippen LogP contribution in [0.3, 0.4) is 0 Å². The minimum absolute atomic E-state index is 0. The molecule has 0 amide bonds. The normalized spacial score (nSPS) is 21.8. The maximum Gasteiger partial charge on any atom is 0.194 e. The number of nitrogens with zero attached hydrogens (tertiary/aromatic N) is 4. The van der Waals surface area contributed by atoms with E-state index in [0.29, 0.717) is 0 Å². The Labute approximate surface area is 200 Å². The van der Waals surface area contributed by atoms with Gasteiger partial charge in [-0.15, -0.1) is 24.0 Å². The van der Waals surface area contributed by atoms with Crippen LogP contribution in [-0.2, 0) is 4.74 Å². The van der Waals surface area contributed by atoms with E-state index in [9.17, 15) is 0 Å². The highest BCUT2D eigenvalue weighted by atomic mass is 127. The highest BCUT2D eigenvalue weighted by Gasteiger charge is 2.25. The van der Waals surface area contributed by atoms with E-state index < -0.39 is 0 Å². The summed E-state index contributed by atoms with van der Waals surface area (Å²) >= 11 is 0. The van der Waals surface area contributed by atoms with Crippen molar-refractivity contribution in [2.24, 2.45) is 4.99 Å². The van der Waals surface area contributed by atoms with Gasteiger partial charge in [-0.05, 0) is 64.5 Å². The minimum atomic E-state index is 0. The van der Waals surface area contributed by atoms with Crippen LogP contribution in [0.25, 0.3) is 0 Å². The molecule has 7 heteroatoms. The van der Waals surface area contributed by atoms with Gasteiger partial charge in [0, 0.05) is 32.7 Å². The fourth-order valence-electron chi connectivity index (χ4n) is 4.21. The molecule has 1 atom stereocenters. The molecule has 0 aliphatic carbocycles. The summed E-state index contributed by atoms with van der Waals surface area (Å²) < 4.78 is 6.09. The first kappa shape index (κ1) is 25.4. The summed E-state index contributed by atoms with van der Waals surface area (Å²) in [5.41, 5.74) is 2.59. The van der Waals surface area contributed by atoms with Gasteiger partial charge >= 0.3 is 0 Å². The lowest BCUT2D eigenvalue weighted by atomic mass is 10.0. The third-order valence-corrected chi connectivity index (χ3v) is 5.94. The summed E-state index contributed by atoms with van der Waals surface area (Å²) in [5, 5.41) is 3.49. The SMILES string of the molecule is CCNC(=NCCCN1CCCN(C)CC1)N1CCOC(c2ccccc2C)C1.I. The quantitative estimate of drug-likeness (QED) is 0.266. The molecule has 3 rings (SSSR count). The van der Waals surface area contributed by atoms with Crippen LogP contribution in [0.15, 0.2) is 29.3 Å². The second-order valence-corrected chi connectivity index (χ2v) is 8.25. The molecule has 0 radical (unpaired) electrons. The van der Waals surface area contributed by atoms with Gasteiger partial charge in [0.15, 0.2) is 5.96 Å². The first-order valence-corrected chi connectivity index (χ1v) is 11.3. The lowest BCUT2D eigenvalue weighted by molar-refractivity contribution is -0.00833. The molecule has 2 aliphatic heterocycles. The van der Waals surface area contributed by atoms with Crippen molar-refractivity contribution >= 4 is 29.9 Å². The number of benzene rings is 1. The number of halogens is 1. The maximum atomic E-state index is 6.09. The molecule has 0 bridgehead atoms. The van der Waals surface area contributed by atoms with Crippen molar-refractivity contribution in [2.45, 2.75) is 32.8 Å². The van der Waals surface area contributed by atoms with Gasteiger partial charge in [-0.2, -0.15) is 0 Å². The van der Waals surface area contributed by atoms with Crippen LogP contribution < -0.4 is 5.32 Å². The zero-order chi connectivity index (χ0) is 20.5. The van der Waals surface area contributed by atoms with Crippen LogP contribution in [0.1, 0.15) is 37.0 Å². The molecular formula is C23H40IN5O. The van der Waals surface area contributed by atoms with E-state index in [-0.39, 0.29) is 30.1 Å². The van der Waals surface area contributed by atoms with Crippen LogP contribution >= 0.6 is 24.0 Å². The molecule has 30 heavy (non-hydrogen) atoms. The van der Waals surface area contributed by atoms with Gasteiger partial charge in [-0.1, -0.05) is 24.3 Å². The molecule has 2 fully saturated rings. The molecular weight excluding hydrogens is 489 g/mol. The Bertz CT molecular complexity index is 656. The van der Waals surface area contributed by atoms with Crippen molar-refractivity contribution < 1.29 is 4.74 Å². The first-order chi connectivity index (χ1) is 14.2. The van der Waals surface area contributed by atoms with Gasteiger partial charge < -0.3 is 24.8 Å². The predicted molar refractivity (Wildman–Crippen MR) is 136 cm³/mol. The molecule has 2 saturated heterocycles. The lowest BCUT2D eigenvalue weighted by Crippen LogP contribution is -2.48. The second kappa shape index (κ2) is 13.5. The zero-order valence-electron chi connectivity index (χ0n) is 19.0. The Morgan fingerprint density at radius 3 is 2.80 bits per heavy atom. The molecule has 0 spiro atoms. The number of aryl methyl sites for hydroxylation is 1. The molecule has 1 aromatic carbocycles. The summed E-state index contributed by atoms with van der Waals surface area (Å²) in [6, 6.07) is 8.54. The van der Waals surface area contributed by atoms with E-state index in [1.165, 1.54) is 43.7 Å². The summed E-state index contributed by atoms with van der Waals surface area (Å²) in [6.07, 6.45) is 2.50. The van der Waals surface area contributed by atoms with Gasteiger partial charge in [-0.25, -0.2) is 0 Å². The van der Waals surface area contributed by atoms with E-state index in [1.54, 1.807) is 0 Å². The zero-order valence-corrected chi connectivity index (χ0v) is 21.3. The molecule has 6 nitrogen and oxygen atoms in total. The number of likely N-dealkylation sites (N-methyl/N-ethyl adjacent to an activating group) is 1. The van der Waals surface area contributed by atoms with Crippen molar-refractivity contribution in [1.29, 1.82) is 0 Å². The number of guanidine groups is 1. The van der Waals surface area contributed by atoms with Crippen molar-refractivity contribution in [2.75, 3.05) is 72.6 Å². The van der Waals surface area contributed by atoms with E-state index in [0.717, 1.165) is 51.7 Å². The Balaban J connectivity index is 0.00000320. The van der Waals surface area contributed by atoms with E-state index in [1.807, 2.05) is 0 Å². The third-order valence-electron chi connectivity index (χ3n) is 5.94. The van der Waals surface area contributed by atoms with Crippen LogP contribution in [-0.4, -0.2) is 93.2 Å². The van der Waals surface area contributed by atoms with Crippen LogP contribution in [0.5, 0.6) is 0 Å². The average Bonchev–Trinajstić information content (AvgIpc) is 2.95. The Hall–Kier alpha value is -0.900. The van der Waals surface area contributed by atoms with E-state index in [2.05, 4.69) is 65.2 Å². The van der Waals surface area contributed by atoms with Gasteiger partial charge in [0.05, 0.1) is 13.2 Å². The van der Waals surface area contributed by atoms with Gasteiger partial charge in [0.1, 0.15) is 6.10 Å². The standard InChI is InChI=1S/C23H39N5O.HI/c1-4-24-23(25-11-7-13-27-14-8-12-26(3)15-16-27)28-17-18-29-22(19-28)21-10-6-5-9-20(21)2;/h5-6,9-10,22H,4,7-8,11-19H2,1-3H3,(H,24,25);1H. The Kier molecular flexibility index (Phi) is 11.4. The molecule has 1 aromatic rings. The summed E-state index contributed by atoms with van der Waals surface area (Å²) in [5.74, 6) is 1.03. The Morgan fingerprint density at radius 2 is 2.00 bits per heavy atom. The van der Waals surface area contributed by atoms with E-state index in [4.69, 9.17) is 9.73 Å². The van der Waals surface area contributed by atoms with Gasteiger partial charge in [0.25, 0.3) is 0 Å². The molecule has 1 unspecified atom stereocenters. The summed E-state index contributed by atoms with van der Waals surface area (Å²) in [7, 11) is 2.23. The largest absolute Gasteiger partial charge is 0.370 e. The molecule has 2 aliphatic rings. The number of aliphatic imine (C=N–C) groups is 1. The molecule has 0 aromatic heterocycles. The number of hydrogen-bond acceptors (Lipinski definition) is 4. The highest BCUT2D eigenvalue weighted by Crippen LogP contribution is 2.25. The number of morpholine rings is 1. The monoisotopic (exact) mass is 529 g/mol. The molecule has 2 heterocycles. The Morgan fingerprint density at radius 1 is 1.17 bits per heavy atom. The summed E-state index contributed by atoms with van der Waals surface area (Å²) in [6.45, 7) is 14.5. The minimum Gasteiger partial charge on any atom is -0.370 e. The topological polar surface area (TPSA) is 43.3 Å². The lowest BCUT2D eigenvalue weighted by Gasteiger charge is -2.36. The third kappa shape index (κ3) is 7.66. The van der Waals surface area contributed by atoms with Crippen LogP contribution in [0.4, 0.5) is 0 Å². The van der Waals surface area contributed by atoms with Crippen molar-refractivity contribution in [3.8, 4) is 0 Å². The molecule has 1 N–H and O–H groups in total. The number of rotatable bonds is 6. The van der Waals surface area contributed by atoms with Crippen molar-refractivity contribution in [1.82, 2.24) is 20.0 Å². The van der Waals surface area contributed by atoms with Gasteiger partial charge in [0.2, 0.25) is 0 Å². The average molecular weight is 530 g/mol. The van der Waals surface area contributed by atoms with E-state index >= 15 is 0 Å². The fourth-order valence-corrected chi connectivity index (χ4v) is 4.21. The first-order valence-electron chi connectivity index (χ1n) is 11.3. The highest BCUT2D eigenvalue weighted by molar-refractivity contribution is 14.0. The van der Waals surface area contributed by atoms with Gasteiger partial charge in [-0.3, -0.25) is 4.99 Å². The number of hydrogen-bond donors (Lipinski definition) is 1. The molecule has 170 valence electrons. The fraction of sp³-hybridized carbons (Fsp3) is 0.696. The number of ether oxygens (including phenoxy) is 1. The van der Waals surface area contributed by atoms with Crippen molar-refractivity contribution in [3.63, 3.8) is 0 Å². The van der Waals surface area contributed by atoms with Crippen LogP contribution in [0.2, 0.25) is 0 Å². The van der Waals surface area contributed by atoms with Crippen LogP contribution in [0, 0.1) is 6.92 Å². The summed E-state index contributed by atoms with van der Waals surface area (Å²) in [4.78, 5) is 12.3. The maximum absolute atomic E-state index is 6.09. The number of nitrogens with one attached hydrogen (secondary N) is 1.